The van der Waals surface area contributed by atoms with Crippen LogP contribution in [0.15, 0.2) is 0 Å². The Morgan fingerprint density at radius 1 is 0.720 bits per heavy atom. The molecule has 1 atom stereocenters. The fourth-order valence-corrected chi connectivity index (χ4v) is 3.58. The molecule has 0 fully saturated rings. The number of carboxylic acids is 1. The maximum atomic E-state index is 9.45. The van der Waals surface area contributed by atoms with Crippen molar-refractivity contribution in [3.8, 4) is 0 Å². The van der Waals surface area contributed by atoms with Crippen molar-refractivity contribution < 1.29 is 15.0 Å². The number of carbonyl (C=O) groups is 1. The van der Waals surface area contributed by atoms with Crippen molar-refractivity contribution in [3.05, 3.63) is 0 Å². The normalized spacial score (nSPS) is 11.7. The van der Waals surface area contributed by atoms with E-state index in [2.05, 4.69) is 6.92 Å². The Morgan fingerprint density at radius 2 is 0.960 bits per heavy atom. The summed E-state index contributed by atoms with van der Waals surface area (Å²) in [7, 11) is 0. The number of aliphatic hydroxyl groups is 1. The van der Waals surface area contributed by atoms with E-state index in [4.69, 9.17) is 10.2 Å². The fourth-order valence-electron chi connectivity index (χ4n) is 2.80. The molecule has 0 rings (SSSR count). The zero-order valence-electron chi connectivity index (χ0n) is 17.4. The zero-order valence-corrected chi connectivity index (χ0v) is 20.5. The first-order valence-corrected chi connectivity index (χ1v) is 13.2. The molecule has 0 aliphatic heterocycles. The molecule has 0 heterocycles. The number of hydrogen-bond acceptors (Lipinski definition) is 2. The van der Waals surface area contributed by atoms with Gasteiger partial charge in [0, 0.05) is 0 Å². The average molecular weight is 383 g/mol. The van der Waals surface area contributed by atoms with Crippen LogP contribution in [0.4, 0.5) is 0 Å². The molecule has 0 aromatic heterocycles. The third-order valence-corrected chi connectivity index (χ3v) is 5.67. The van der Waals surface area contributed by atoms with Crippen LogP contribution in [0.5, 0.6) is 0 Å². The second-order valence-electron chi connectivity index (χ2n) is 7.32. The predicted octanol–water partition coefficient (Wildman–Crippen LogP) is 6.29. The molecule has 0 saturated heterocycles. The third kappa shape index (κ3) is 30.1. The summed E-state index contributed by atoms with van der Waals surface area (Å²) >= 11 is 1.10. The molecule has 25 heavy (non-hydrogen) atoms. The van der Waals surface area contributed by atoms with E-state index in [1.807, 2.05) is 0 Å². The second-order valence-corrected chi connectivity index (χ2v) is 8.88. The van der Waals surface area contributed by atoms with Crippen molar-refractivity contribution in [2.24, 2.45) is 0 Å². The van der Waals surface area contributed by atoms with Gasteiger partial charge in [0.15, 0.2) is 0 Å². The summed E-state index contributed by atoms with van der Waals surface area (Å²) in [6.07, 6.45) is 22.6. The molecule has 0 bridgehead atoms. The van der Waals surface area contributed by atoms with Gasteiger partial charge < -0.3 is 10.2 Å². The van der Waals surface area contributed by atoms with Gasteiger partial charge in [-0.15, -0.1) is 0 Å². The van der Waals surface area contributed by atoms with Gasteiger partial charge in [-0.2, -0.15) is 0 Å². The van der Waals surface area contributed by atoms with Crippen LogP contribution in [-0.2, 0) is 4.79 Å². The van der Waals surface area contributed by atoms with E-state index >= 15 is 0 Å². The summed E-state index contributed by atoms with van der Waals surface area (Å²) in [4.78, 5) is 9.45. The number of aliphatic carboxylic acids is 1. The van der Waals surface area contributed by atoms with Gasteiger partial charge in [-0.3, -0.25) is 0 Å². The Balaban J connectivity index is 0. The first kappa shape index (κ1) is 28.3. The van der Waals surface area contributed by atoms with Gasteiger partial charge in [0.25, 0.3) is 0 Å². The molecular weight excluding hydrogens is 339 g/mol. The summed E-state index contributed by atoms with van der Waals surface area (Å²) < 4.78 is 1.56. The molecule has 3 nitrogen and oxygen atoms in total. The van der Waals surface area contributed by atoms with Gasteiger partial charge in [0.2, 0.25) is 0 Å². The summed E-state index contributed by atoms with van der Waals surface area (Å²) in [5.74, 6) is -1.19. The van der Waals surface area contributed by atoms with Gasteiger partial charge in [-0.05, 0) is 6.92 Å². The number of unbranched alkanes of at least 4 members (excludes halogenated alkanes) is 15. The minimum absolute atomic E-state index is 1.10. The van der Waals surface area contributed by atoms with Crippen LogP contribution in [0.25, 0.3) is 0 Å². The number of aliphatic hydroxyl groups excluding tert-OH is 1. The Bertz CT molecular complexity index is 242. The number of rotatable bonds is 17. The summed E-state index contributed by atoms with van der Waals surface area (Å²) in [5.41, 5.74) is 0. The van der Waals surface area contributed by atoms with Crippen molar-refractivity contribution in [2.75, 3.05) is 0 Å². The molecule has 0 aromatic rings. The van der Waals surface area contributed by atoms with Crippen molar-refractivity contribution >= 4 is 54.9 Å². The molecule has 0 radical (unpaired) electrons. The Labute approximate surface area is 191 Å². The van der Waals surface area contributed by atoms with Gasteiger partial charge >= 0.3 is 126 Å². The molecule has 146 valence electrons. The van der Waals surface area contributed by atoms with Crippen LogP contribution in [0, 0.1) is 0 Å². The zero-order chi connectivity index (χ0) is 19.2. The van der Waals surface area contributed by atoms with Crippen LogP contribution < -0.4 is 0 Å². The summed E-state index contributed by atoms with van der Waals surface area (Å²) in [6.45, 7) is 3.49. The molecule has 1 unspecified atom stereocenters. The second kappa shape index (κ2) is 25.1. The van der Waals surface area contributed by atoms with Crippen LogP contribution in [-0.4, -0.2) is 71.2 Å². The number of carboxylic acid groups (broad SMARTS) is 1. The molecule has 0 amide bonds. The van der Waals surface area contributed by atoms with E-state index < -0.39 is 12.1 Å². The van der Waals surface area contributed by atoms with Crippen LogP contribution in [0.3, 0.4) is 0 Å². The van der Waals surface area contributed by atoms with E-state index in [9.17, 15) is 4.79 Å². The van der Waals surface area contributed by atoms with Gasteiger partial charge in [0.1, 0.15) is 6.10 Å². The predicted molar refractivity (Wildman–Crippen MR) is 109 cm³/mol. The molecule has 0 saturated carbocycles. The first-order valence-electron chi connectivity index (χ1n) is 11.0. The van der Waals surface area contributed by atoms with Crippen molar-refractivity contribution in [2.45, 2.75) is 123 Å². The van der Waals surface area contributed by atoms with Crippen LogP contribution >= 0.6 is 0 Å². The molecular formula is C21H43KO3. The van der Waals surface area contributed by atoms with E-state index in [0.717, 1.165) is 49.0 Å². The Hall–Kier alpha value is 1.07. The van der Waals surface area contributed by atoms with Crippen molar-refractivity contribution in [3.63, 3.8) is 0 Å². The molecule has 0 spiro atoms. The monoisotopic (exact) mass is 382 g/mol. The summed E-state index contributed by atoms with van der Waals surface area (Å²) in [5, 5.41) is 15.8. The number of hydrogen-bond donors (Lipinski definition) is 2. The minimum atomic E-state index is -1.23. The maximum absolute atomic E-state index is 9.45. The molecule has 4 heteroatoms. The molecule has 0 aromatic carbocycles. The third-order valence-electron chi connectivity index (χ3n) is 4.56. The van der Waals surface area contributed by atoms with Crippen LogP contribution in [0.2, 0.25) is 0.515 Å². The van der Waals surface area contributed by atoms with E-state index in [-0.39, 0.29) is 0 Å². The van der Waals surface area contributed by atoms with Gasteiger partial charge in [-0.25, -0.2) is 4.79 Å². The van der Waals surface area contributed by atoms with E-state index in [0.29, 0.717) is 0 Å². The summed E-state index contributed by atoms with van der Waals surface area (Å²) in [6, 6.07) is 0. The fraction of sp³-hybridized carbons (Fsp3) is 0.952. The first-order chi connectivity index (χ1) is 12.1. The molecule has 2 N–H and O–H groups in total. The molecule has 0 aliphatic carbocycles. The van der Waals surface area contributed by atoms with Gasteiger partial charge in [-0.1, -0.05) is 39.0 Å². The molecule has 0 aliphatic rings. The topological polar surface area (TPSA) is 57.5 Å². The SMILES string of the molecule is CC(O)C(=O)O.CCCCCCCCCCCCCCCCC[CH2][K]. The Kier molecular flexibility index (Phi) is 28.4. The Morgan fingerprint density at radius 3 is 1.16 bits per heavy atom. The quantitative estimate of drug-likeness (QED) is 0.230. The van der Waals surface area contributed by atoms with E-state index in [1.165, 1.54) is 110 Å². The standard InChI is InChI=1S/C18H37.C3H6O3.K/c1-3-5-7-9-11-13-15-17-18-16-14-12-10-8-6-4-2;1-2(4)3(5)6;/h1,3-18H2,2H3;2,4H,1H3,(H,5,6);. The van der Waals surface area contributed by atoms with Crippen molar-refractivity contribution in [1.82, 2.24) is 0 Å². The van der Waals surface area contributed by atoms with Crippen molar-refractivity contribution in [1.29, 1.82) is 0 Å². The average Bonchev–Trinajstić information content (AvgIpc) is 2.59. The van der Waals surface area contributed by atoms with Crippen LogP contribution in [0.1, 0.15) is 117 Å². The van der Waals surface area contributed by atoms with Gasteiger partial charge in [0.05, 0.1) is 0 Å². The van der Waals surface area contributed by atoms with E-state index in [1.54, 1.807) is 0.515 Å².